The topological polar surface area (TPSA) is 510 Å². The SMILES string of the molecule is Cc1cc(N=Nc2c(S(=O)(=O)O)cc3c(S(=O)(=O)O)c(N=Nc4cc(S(=O)(=O)O)c5cc(S(=O)(=O)O)c(N=Nc6ccc([N+](=O)[O-])cc6S(=O)(=O)O)c(O)c5c4N)ccc3c2O)c(S(=O)(=O)O)cc1Cl. The van der Waals surface area contributed by atoms with Gasteiger partial charge in [-0.3, -0.25) is 37.4 Å². The van der Waals surface area contributed by atoms with E-state index in [9.17, 15) is 98.2 Å². The van der Waals surface area contributed by atoms with E-state index in [-0.39, 0.29) is 16.7 Å². The summed E-state index contributed by atoms with van der Waals surface area (Å²) in [5, 5.41) is 51.0. The van der Waals surface area contributed by atoms with Crippen molar-refractivity contribution in [1.82, 2.24) is 0 Å². The molecule has 37 heteroatoms. The third-order valence-electron chi connectivity index (χ3n) is 9.30. The molecule has 0 aliphatic rings. The van der Waals surface area contributed by atoms with E-state index in [0.29, 0.717) is 36.4 Å². The van der Waals surface area contributed by atoms with Gasteiger partial charge in [0.25, 0.3) is 66.4 Å². The van der Waals surface area contributed by atoms with Gasteiger partial charge in [-0.25, -0.2) is 0 Å². The minimum Gasteiger partial charge on any atom is -0.505 e. The Morgan fingerprint density at radius 3 is 1.47 bits per heavy atom. The first kappa shape index (κ1) is 52.6. The number of fused-ring (bicyclic) bond motifs is 2. The average molecular weight is 1110 g/mol. The number of nitrogens with zero attached hydrogens (tertiary/aromatic N) is 7. The average Bonchev–Trinajstić information content (AvgIpc) is 3.20. The van der Waals surface area contributed by atoms with Gasteiger partial charge in [-0.15, -0.1) is 30.7 Å². The van der Waals surface area contributed by atoms with E-state index in [1.807, 2.05) is 0 Å². The molecule has 0 heterocycles. The molecular weight excluding hydrogens is 1090 g/mol. The third-order valence-corrected chi connectivity index (χ3v) is 15.0. The maximum absolute atomic E-state index is 12.9. The molecule has 0 amide bonds. The maximum atomic E-state index is 12.9. The highest BCUT2D eigenvalue weighted by Crippen LogP contribution is 2.50. The summed E-state index contributed by atoms with van der Waals surface area (Å²) < 4.78 is 210. The fourth-order valence-corrected chi connectivity index (χ4v) is 10.6. The standard InChI is InChI=1S/C33H23ClN8O22S6/c1-12-6-20(24(10-17(12)34)67(53,54)55)38-40-29-25(68(56,57)58)8-15-14(31(29)43)3-5-19(33(15)70(62,63)64)37-39-21-11-22(65(47,48)49)16-9-26(69(59,60)61)30(32(44)27(16)28(21)35)41-36-18-4-2-13(42(45)46)7-23(18)66(50,51)52/h2-11,43-44H,35H2,1H3,(H,47,48,49)(H,50,51,52)(H,53,54,55)(H,56,57,58)(H,59,60,61)(H,62,63,64). The van der Waals surface area contributed by atoms with E-state index in [1.54, 1.807) is 0 Å². The summed E-state index contributed by atoms with van der Waals surface area (Å²) in [6, 6.07) is 5.63. The number of nitrogen functional groups attached to an aromatic ring is 1. The summed E-state index contributed by atoms with van der Waals surface area (Å²) >= 11 is 5.94. The quantitative estimate of drug-likeness (QED) is 0.0194. The second-order valence-corrected chi connectivity index (χ2v) is 22.5. The summed E-state index contributed by atoms with van der Waals surface area (Å²) in [6.45, 7) is 1.36. The number of hydrogen-bond donors (Lipinski definition) is 9. The van der Waals surface area contributed by atoms with Crippen molar-refractivity contribution in [3.63, 3.8) is 0 Å². The Bertz CT molecular complexity index is 4150. The number of hydrogen-bond acceptors (Lipinski definition) is 23. The Morgan fingerprint density at radius 1 is 0.500 bits per heavy atom. The van der Waals surface area contributed by atoms with Crippen LogP contribution in [0.2, 0.25) is 5.02 Å². The molecule has 0 saturated heterocycles. The smallest absolute Gasteiger partial charge is 0.297 e. The molecule has 6 rings (SSSR count). The molecule has 0 atom stereocenters. The van der Waals surface area contributed by atoms with Gasteiger partial charge >= 0.3 is 0 Å². The van der Waals surface area contributed by atoms with Crippen molar-refractivity contribution < 1.29 is 93.0 Å². The van der Waals surface area contributed by atoms with Crippen molar-refractivity contribution in [1.29, 1.82) is 0 Å². The number of nitrogens with two attached hydrogens (primary N) is 1. The molecule has 0 saturated carbocycles. The minimum absolute atomic E-state index is 0.148. The van der Waals surface area contributed by atoms with E-state index in [0.717, 1.165) is 18.2 Å². The molecule has 0 unspecified atom stereocenters. The Kier molecular flexibility index (Phi) is 13.4. The molecule has 0 spiro atoms. The molecule has 0 fully saturated rings. The van der Waals surface area contributed by atoms with Crippen LogP contribution in [0.25, 0.3) is 21.5 Å². The van der Waals surface area contributed by atoms with Crippen molar-refractivity contribution in [2.75, 3.05) is 5.73 Å². The summed E-state index contributed by atoms with van der Waals surface area (Å²) in [5.41, 5.74) is -1.74. The first-order valence-electron chi connectivity index (χ1n) is 17.6. The van der Waals surface area contributed by atoms with Gasteiger partial charge in [0.15, 0.2) is 11.5 Å². The summed E-state index contributed by atoms with van der Waals surface area (Å²) in [7, 11) is -33.0. The minimum atomic E-state index is -5.70. The zero-order valence-electron chi connectivity index (χ0n) is 33.6. The van der Waals surface area contributed by atoms with Gasteiger partial charge in [-0.1, -0.05) is 11.6 Å². The molecule has 0 radical (unpaired) electrons. The van der Waals surface area contributed by atoms with E-state index < -0.39 is 174 Å². The fraction of sp³-hybridized carbons (Fsp3) is 0.0303. The molecule has 0 aromatic heterocycles. The van der Waals surface area contributed by atoms with Crippen molar-refractivity contribution >= 4 is 139 Å². The number of anilines is 1. The molecule has 6 aromatic rings. The lowest BCUT2D eigenvalue weighted by atomic mass is 10.0. The van der Waals surface area contributed by atoms with Crippen LogP contribution in [0.3, 0.4) is 0 Å². The van der Waals surface area contributed by atoms with Gasteiger partial charge in [0, 0.05) is 33.3 Å². The summed E-state index contributed by atoms with van der Waals surface area (Å²) in [6.07, 6.45) is 0. The number of halogens is 1. The van der Waals surface area contributed by atoms with Gasteiger partial charge in [0.1, 0.15) is 63.5 Å². The number of phenolic OH excluding ortho intramolecular Hbond substituents is 2. The zero-order chi connectivity index (χ0) is 52.6. The number of aromatic hydroxyl groups is 2. The van der Waals surface area contributed by atoms with Crippen LogP contribution in [0.1, 0.15) is 5.56 Å². The Hall–Kier alpha value is -6.81. The van der Waals surface area contributed by atoms with Gasteiger partial charge in [-0.05, 0) is 61.0 Å². The predicted octanol–water partition coefficient (Wildman–Crippen LogP) is 6.58. The van der Waals surface area contributed by atoms with E-state index >= 15 is 0 Å². The molecular formula is C33H23ClN8O22S6. The molecule has 0 bridgehead atoms. The highest BCUT2D eigenvalue weighted by Gasteiger charge is 2.31. The monoisotopic (exact) mass is 1110 g/mol. The zero-order valence-corrected chi connectivity index (χ0v) is 39.3. The number of non-ortho nitro benzene ring substituents is 1. The lowest BCUT2D eigenvalue weighted by Gasteiger charge is -2.15. The number of azo groups is 3. The lowest BCUT2D eigenvalue weighted by Crippen LogP contribution is -2.04. The van der Waals surface area contributed by atoms with Crippen LogP contribution >= 0.6 is 11.6 Å². The Balaban J connectivity index is 1.61. The van der Waals surface area contributed by atoms with Crippen molar-refractivity contribution in [3.05, 3.63) is 81.4 Å². The van der Waals surface area contributed by atoms with Gasteiger partial charge < -0.3 is 15.9 Å². The molecule has 70 heavy (non-hydrogen) atoms. The van der Waals surface area contributed by atoms with Crippen LogP contribution in [0.5, 0.6) is 11.5 Å². The summed E-state index contributed by atoms with van der Waals surface area (Å²) in [5.74, 6) is -2.86. The number of aryl methyl sites for hydroxylation is 1. The van der Waals surface area contributed by atoms with Gasteiger partial charge in [-0.2, -0.15) is 50.5 Å². The number of benzene rings is 6. The molecule has 10 N–H and O–H groups in total. The van der Waals surface area contributed by atoms with E-state index in [1.165, 1.54) is 6.92 Å². The summed E-state index contributed by atoms with van der Waals surface area (Å²) in [4.78, 5) is 2.13. The van der Waals surface area contributed by atoms with E-state index in [2.05, 4.69) is 30.7 Å². The van der Waals surface area contributed by atoms with Crippen LogP contribution in [-0.4, -0.2) is 93.0 Å². The predicted molar refractivity (Wildman–Crippen MR) is 236 cm³/mol. The largest absolute Gasteiger partial charge is 0.505 e. The third kappa shape index (κ3) is 10.4. The molecule has 370 valence electrons. The first-order chi connectivity index (χ1) is 31.9. The number of nitro benzene ring substituents is 1. The second kappa shape index (κ2) is 17.9. The fourth-order valence-electron chi connectivity index (χ4n) is 6.28. The van der Waals surface area contributed by atoms with Crippen LogP contribution in [0, 0.1) is 17.0 Å². The molecule has 0 aliphatic carbocycles. The number of nitro groups is 1. The van der Waals surface area contributed by atoms with E-state index in [4.69, 9.17) is 17.3 Å². The maximum Gasteiger partial charge on any atom is 0.297 e. The van der Waals surface area contributed by atoms with Crippen molar-refractivity contribution in [2.24, 2.45) is 30.7 Å². The van der Waals surface area contributed by atoms with Crippen LogP contribution in [0.15, 0.2) is 121 Å². The van der Waals surface area contributed by atoms with Gasteiger partial charge in [0.05, 0.1) is 16.0 Å². The van der Waals surface area contributed by atoms with Crippen molar-refractivity contribution in [3.8, 4) is 11.5 Å². The number of phenols is 2. The normalized spacial score (nSPS) is 13.4. The number of rotatable bonds is 13. The lowest BCUT2D eigenvalue weighted by molar-refractivity contribution is -0.385. The Morgan fingerprint density at radius 2 is 0.957 bits per heavy atom. The van der Waals surface area contributed by atoms with Crippen molar-refractivity contribution in [2.45, 2.75) is 36.3 Å². The molecule has 0 aliphatic heterocycles. The highest BCUT2D eigenvalue weighted by atomic mass is 35.5. The van der Waals surface area contributed by atoms with Gasteiger partial charge in [0.2, 0.25) is 0 Å². The van der Waals surface area contributed by atoms with Crippen LogP contribution < -0.4 is 5.73 Å². The highest BCUT2D eigenvalue weighted by molar-refractivity contribution is 7.87. The first-order valence-corrected chi connectivity index (χ1v) is 26.6. The second-order valence-electron chi connectivity index (χ2n) is 13.8. The molecule has 30 nitrogen and oxygen atoms in total. The Labute approximate surface area is 395 Å². The molecule has 6 aromatic carbocycles. The van der Waals surface area contributed by atoms with Crippen LogP contribution in [-0.2, 0) is 60.7 Å². The van der Waals surface area contributed by atoms with Crippen LogP contribution in [0.4, 0.5) is 45.5 Å².